The van der Waals surface area contributed by atoms with E-state index in [1.54, 1.807) is 12.1 Å². The van der Waals surface area contributed by atoms with Crippen molar-refractivity contribution in [3.63, 3.8) is 0 Å². The highest BCUT2D eigenvalue weighted by Crippen LogP contribution is 2.24. The first-order chi connectivity index (χ1) is 12.2. The monoisotopic (exact) mass is 344 g/mol. The summed E-state index contributed by atoms with van der Waals surface area (Å²) in [6.07, 6.45) is 8.53. The van der Waals surface area contributed by atoms with Crippen molar-refractivity contribution in [2.24, 2.45) is 0 Å². The van der Waals surface area contributed by atoms with Gasteiger partial charge in [-0.05, 0) is 42.7 Å². The Kier molecular flexibility index (Phi) is 7.71. The van der Waals surface area contributed by atoms with E-state index in [-0.39, 0.29) is 17.8 Å². The smallest absolute Gasteiger partial charge is 0.225 e. The maximum atomic E-state index is 13.3. The van der Waals surface area contributed by atoms with E-state index in [0.717, 1.165) is 44.3 Å². The second kappa shape index (κ2) is 10.0. The minimum Gasteiger partial charge on any atom is -0.346 e. The first-order valence-electron chi connectivity index (χ1n) is 9.31. The van der Waals surface area contributed by atoms with Crippen LogP contribution in [0.25, 0.3) is 0 Å². The van der Waals surface area contributed by atoms with Gasteiger partial charge in [0.15, 0.2) is 0 Å². The van der Waals surface area contributed by atoms with Crippen LogP contribution in [0.4, 0.5) is 4.39 Å². The lowest BCUT2D eigenvalue weighted by Crippen LogP contribution is -2.34. The highest BCUT2D eigenvalue weighted by atomic mass is 19.1. The minimum absolute atomic E-state index is 0.103. The van der Waals surface area contributed by atoms with Crippen molar-refractivity contribution in [3.05, 3.63) is 60.2 Å². The zero-order valence-electron chi connectivity index (χ0n) is 15.3. The molecule has 1 aromatic carbocycles. The fourth-order valence-electron chi connectivity index (χ4n) is 2.99. The topological polar surface area (TPSA) is 25.2 Å². The van der Waals surface area contributed by atoms with E-state index in [2.05, 4.69) is 13.8 Å². The zero-order valence-corrected chi connectivity index (χ0v) is 15.3. The van der Waals surface area contributed by atoms with Crippen LogP contribution < -0.4 is 0 Å². The van der Waals surface area contributed by atoms with Gasteiger partial charge in [0.25, 0.3) is 0 Å². The number of nitrogens with zero attached hydrogens (tertiary/aromatic N) is 2. The molecule has 1 unspecified atom stereocenters. The Morgan fingerprint density at radius 3 is 2.12 bits per heavy atom. The number of amides is 1. The van der Waals surface area contributed by atoms with Crippen LogP contribution in [0.15, 0.2) is 48.8 Å². The van der Waals surface area contributed by atoms with E-state index < -0.39 is 0 Å². The van der Waals surface area contributed by atoms with Gasteiger partial charge in [-0.1, -0.05) is 38.8 Å². The second-order valence-corrected chi connectivity index (χ2v) is 6.49. The molecule has 0 radical (unpaired) electrons. The van der Waals surface area contributed by atoms with Crippen LogP contribution >= 0.6 is 0 Å². The molecule has 1 atom stereocenters. The third-order valence-electron chi connectivity index (χ3n) is 4.53. The van der Waals surface area contributed by atoms with Gasteiger partial charge in [-0.2, -0.15) is 0 Å². The molecule has 3 nitrogen and oxygen atoms in total. The molecule has 2 aromatic rings. The maximum Gasteiger partial charge on any atom is 0.225 e. The van der Waals surface area contributed by atoms with Gasteiger partial charge in [-0.25, -0.2) is 4.39 Å². The predicted octanol–water partition coefficient (Wildman–Crippen LogP) is 5.04. The van der Waals surface area contributed by atoms with Crippen LogP contribution in [0.5, 0.6) is 0 Å². The number of carbonyl (C=O) groups is 1. The molecular weight excluding hydrogens is 315 g/mol. The van der Waals surface area contributed by atoms with Crippen LogP contribution in [0, 0.1) is 5.82 Å². The van der Waals surface area contributed by atoms with Crippen molar-refractivity contribution < 1.29 is 9.18 Å². The predicted molar refractivity (Wildman–Crippen MR) is 100.0 cm³/mol. The van der Waals surface area contributed by atoms with Gasteiger partial charge in [0.05, 0.1) is 12.5 Å². The summed E-state index contributed by atoms with van der Waals surface area (Å²) in [5.41, 5.74) is 0.955. The third-order valence-corrected chi connectivity index (χ3v) is 4.53. The van der Waals surface area contributed by atoms with Gasteiger partial charge >= 0.3 is 0 Å². The number of carbonyl (C=O) groups excluding carboxylic acids is 1. The van der Waals surface area contributed by atoms with Crippen molar-refractivity contribution in [2.75, 3.05) is 13.1 Å². The van der Waals surface area contributed by atoms with Crippen LogP contribution in [0.2, 0.25) is 0 Å². The Hall–Kier alpha value is -2.10. The molecule has 136 valence electrons. The highest BCUT2D eigenvalue weighted by Gasteiger charge is 2.21. The molecule has 0 spiro atoms. The summed E-state index contributed by atoms with van der Waals surface area (Å²) in [4.78, 5) is 14.9. The Bertz CT molecular complexity index is 614. The summed E-state index contributed by atoms with van der Waals surface area (Å²) in [5, 5.41) is 0. The van der Waals surface area contributed by atoms with E-state index >= 15 is 0 Å². The van der Waals surface area contributed by atoms with Crippen molar-refractivity contribution >= 4 is 5.91 Å². The third kappa shape index (κ3) is 5.73. The molecule has 0 aliphatic heterocycles. The number of unbranched alkanes of at least 4 members (excludes halogenated alkanes) is 2. The molecule has 1 aromatic heterocycles. The standard InChI is InChI=1S/C21H29FN2O/c1-3-5-13-24(14-6-4-2)21(25)17-20(23-15-7-8-16-23)18-9-11-19(22)12-10-18/h7-12,15-16,20H,3-6,13-14,17H2,1-2H3. The van der Waals surface area contributed by atoms with Gasteiger partial charge < -0.3 is 9.47 Å². The highest BCUT2D eigenvalue weighted by molar-refractivity contribution is 5.77. The van der Waals surface area contributed by atoms with Crippen LogP contribution in [0.1, 0.15) is 57.6 Å². The molecule has 1 amide bonds. The summed E-state index contributed by atoms with van der Waals surface area (Å²) in [6.45, 7) is 5.92. The molecule has 0 bridgehead atoms. The van der Waals surface area contributed by atoms with Gasteiger partial charge in [0.2, 0.25) is 5.91 Å². The molecule has 0 aliphatic carbocycles. The van der Waals surface area contributed by atoms with E-state index in [1.165, 1.54) is 12.1 Å². The quantitative estimate of drug-likeness (QED) is 0.593. The van der Waals surface area contributed by atoms with Gasteiger partial charge in [0.1, 0.15) is 5.82 Å². The number of benzene rings is 1. The first kappa shape index (κ1) is 19.2. The largest absolute Gasteiger partial charge is 0.346 e. The van der Waals surface area contributed by atoms with Crippen molar-refractivity contribution in [1.82, 2.24) is 9.47 Å². The minimum atomic E-state index is -0.256. The molecule has 0 N–H and O–H groups in total. The van der Waals surface area contributed by atoms with Crippen LogP contribution in [0.3, 0.4) is 0 Å². The van der Waals surface area contributed by atoms with Crippen LogP contribution in [-0.2, 0) is 4.79 Å². The summed E-state index contributed by atoms with van der Waals surface area (Å²) < 4.78 is 15.3. The first-order valence-corrected chi connectivity index (χ1v) is 9.31. The second-order valence-electron chi connectivity index (χ2n) is 6.49. The average molecular weight is 344 g/mol. The molecule has 0 saturated carbocycles. The lowest BCUT2D eigenvalue weighted by Gasteiger charge is -2.26. The molecule has 1 heterocycles. The van der Waals surface area contributed by atoms with E-state index in [0.29, 0.717) is 6.42 Å². The van der Waals surface area contributed by atoms with Crippen LogP contribution in [-0.4, -0.2) is 28.5 Å². The average Bonchev–Trinajstić information content (AvgIpc) is 3.15. The van der Waals surface area contributed by atoms with E-state index in [9.17, 15) is 9.18 Å². The number of halogens is 1. The number of aromatic nitrogens is 1. The van der Waals surface area contributed by atoms with Gasteiger partial charge in [-0.3, -0.25) is 4.79 Å². The Morgan fingerprint density at radius 2 is 1.60 bits per heavy atom. The zero-order chi connectivity index (χ0) is 18.1. The number of rotatable bonds is 10. The number of hydrogen-bond acceptors (Lipinski definition) is 1. The SMILES string of the molecule is CCCCN(CCCC)C(=O)CC(c1ccc(F)cc1)n1cccc1. The Balaban J connectivity index is 2.16. The molecule has 0 fully saturated rings. The fraction of sp³-hybridized carbons (Fsp3) is 0.476. The molecule has 25 heavy (non-hydrogen) atoms. The summed E-state index contributed by atoms with van der Waals surface area (Å²) >= 11 is 0. The van der Waals surface area contributed by atoms with E-state index in [1.807, 2.05) is 34.0 Å². The van der Waals surface area contributed by atoms with Crippen molar-refractivity contribution in [2.45, 2.75) is 52.0 Å². The Labute approximate surface area is 150 Å². The normalized spacial score (nSPS) is 12.1. The summed E-state index contributed by atoms with van der Waals surface area (Å²) in [6, 6.07) is 10.3. The van der Waals surface area contributed by atoms with E-state index in [4.69, 9.17) is 0 Å². The van der Waals surface area contributed by atoms with Gasteiger partial charge in [-0.15, -0.1) is 0 Å². The Morgan fingerprint density at radius 1 is 1.04 bits per heavy atom. The lowest BCUT2D eigenvalue weighted by atomic mass is 10.0. The van der Waals surface area contributed by atoms with Crippen molar-refractivity contribution in [1.29, 1.82) is 0 Å². The molecule has 4 heteroatoms. The molecule has 2 rings (SSSR count). The summed E-state index contributed by atoms with van der Waals surface area (Å²) in [7, 11) is 0. The maximum absolute atomic E-state index is 13.3. The molecule has 0 saturated heterocycles. The van der Waals surface area contributed by atoms with Crippen molar-refractivity contribution in [3.8, 4) is 0 Å². The number of hydrogen-bond donors (Lipinski definition) is 0. The molecule has 0 aliphatic rings. The fourth-order valence-corrected chi connectivity index (χ4v) is 2.99. The molecular formula is C21H29FN2O. The summed E-state index contributed by atoms with van der Waals surface area (Å²) in [5.74, 6) is -0.0845. The van der Waals surface area contributed by atoms with Gasteiger partial charge in [0, 0.05) is 25.5 Å². The lowest BCUT2D eigenvalue weighted by molar-refractivity contribution is -0.132.